The molecule has 0 saturated heterocycles. The molecule has 0 aromatic carbocycles. The Bertz CT molecular complexity index is 403. The van der Waals surface area contributed by atoms with Crippen LogP contribution in [0.3, 0.4) is 0 Å². The molecule has 6 nitrogen and oxygen atoms in total. The van der Waals surface area contributed by atoms with Crippen LogP contribution in [0, 0.1) is 0 Å². The first-order valence-corrected chi connectivity index (χ1v) is 6.18. The van der Waals surface area contributed by atoms with Crippen molar-refractivity contribution in [2.75, 3.05) is 45.7 Å². The molecule has 0 saturated carbocycles. The van der Waals surface area contributed by atoms with Crippen molar-refractivity contribution >= 4 is 5.82 Å². The number of ether oxygens (including phenoxy) is 1. The van der Waals surface area contributed by atoms with Crippen LogP contribution in [0.5, 0.6) is 0 Å². The summed E-state index contributed by atoms with van der Waals surface area (Å²) in [6.45, 7) is 4.81. The van der Waals surface area contributed by atoms with Crippen LogP contribution in [-0.4, -0.2) is 55.3 Å². The van der Waals surface area contributed by atoms with Crippen molar-refractivity contribution in [3.05, 3.63) is 22.2 Å². The van der Waals surface area contributed by atoms with Crippen molar-refractivity contribution < 1.29 is 4.74 Å². The maximum Gasteiger partial charge on any atom is 0.252 e. The molecule has 0 amide bonds. The predicted octanol–water partition coefficient (Wildman–Crippen LogP) is 0.322. The van der Waals surface area contributed by atoms with E-state index in [9.17, 15) is 4.79 Å². The lowest BCUT2D eigenvalue weighted by Crippen LogP contribution is -2.20. The van der Waals surface area contributed by atoms with Gasteiger partial charge in [-0.05, 0) is 14.1 Å². The minimum atomic E-state index is -0.127. The molecule has 2 N–H and O–H groups in total. The number of anilines is 1. The topological polar surface area (TPSA) is 70.2 Å². The van der Waals surface area contributed by atoms with Gasteiger partial charge in [-0.1, -0.05) is 6.92 Å². The summed E-state index contributed by atoms with van der Waals surface area (Å²) >= 11 is 0. The maximum atomic E-state index is 11.3. The third-order valence-electron chi connectivity index (χ3n) is 2.36. The zero-order valence-corrected chi connectivity index (χ0v) is 11.3. The van der Waals surface area contributed by atoms with E-state index >= 15 is 0 Å². The first-order valence-electron chi connectivity index (χ1n) is 6.18. The zero-order chi connectivity index (χ0) is 13.4. The largest absolute Gasteiger partial charge is 0.378 e. The van der Waals surface area contributed by atoms with Crippen LogP contribution in [0.4, 0.5) is 5.82 Å². The molecule has 0 fully saturated rings. The smallest absolute Gasteiger partial charge is 0.252 e. The van der Waals surface area contributed by atoms with Gasteiger partial charge in [-0.25, -0.2) is 4.98 Å². The fourth-order valence-corrected chi connectivity index (χ4v) is 1.37. The Balaban J connectivity index is 2.27. The number of H-pyrrole nitrogens is 1. The number of likely N-dealkylation sites (N-methyl/N-ethyl adjacent to an activating group) is 1. The van der Waals surface area contributed by atoms with Gasteiger partial charge in [0.15, 0.2) is 0 Å². The fourth-order valence-electron chi connectivity index (χ4n) is 1.37. The zero-order valence-electron chi connectivity index (χ0n) is 11.3. The number of aromatic nitrogens is 2. The second-order valence-corrected chi connectivity index (χ2v) is 4.27. The van der Waals surface area contributed by atoms with Gasteiger partial charge in [0.1, 0.15) is 11.6 Å². The van der Waals surface area contributed by atoms with E-state index in [1.54, 1.807) is 0 Å². The number of aryl methyl sites for hydroxylation is 1. The van der Waals surface area contributed by atoms with Crippen LogP contribution in [0.1, 0.15) is 12.7 Å². The molecule has 102 valence electrons. The van der Waals surface area contributed by atoms with E-state index in [1.165, 1.54) is 6.07 Å². The van der Waals surface area contributed by atoms with Gasteiger partial charge in [0, 0.05) is 25.6 Å². The third-order valence-corrected chi connectivity index (χ3v) is 2.36. The van der Waals surface area contributed by atoms with Crippen molar-refractivity contribution in [1.29, 1.82) is 0 Å². The van der Waals surface area contributed by atoms with Crippen LogP contribution >= 0.6 is 0 Å². The summed E-state index contributed by atoms with van der Waals surface area (Å²) < 4.78 is 5.44. The average Bonchev–Trinajstić information content (AvgIpc) is 2.32. The van der Waals surface area contributed by atoms with Gasteiger partial charge < -0.3 is 19.9 Å². The molecule has 0 radical (unpaired) electrons. The molecule has 1 rings (SSSR count). The molecule has 1 aromatic rings. The first kappa shape index (κ1) is 14.7. The van der Waals surface area contributed by atoms with Gasteiger partial charge in [-0.3, -0.25) is 4.79 Å². The van der Waals surface area contributed by atoms with E-state index in [0.29, 0.717) is 37.8 Å². The molecule has 0 aliphatic carbocycles. The molecule has 1 aromatic heterocycles. The molecule has 0 aliphatic rings. The molecule has 18 heavy (non-hydrogen) atoms. The monoisotopic (exact) mass is 254 g/mol. The number of hydrogen-bond acceptors (Lipinski definition) is 5. The van der Waals surface area contributed by atoms with Crippen LogP contribution in [-0.2, 0) is 11.2 Å². The minimum absolute atomic E-state index is 0.127. The van der Waals surface area contributed by atoms with E-state index in [-0.39, 0.29) is 5.56 Å². The van der Waals surface area contributed by atoms with Crippen LogP contribution < -0.4 is 10.9 Å². The van der Waals surface area contributed by atoms with Crippen LogP contribution in [0.25, 0.3) is 0 Å². The number of aromatic amines is 1. The highest BCUT2D eigenvalue weighted by Crippen LogP contribution is 1.98. The summed E-state index contributed by atoms with van der Waals surface area (Å²) in [5.74, 6) is 1.30. The Kier molecular flexibility index (Phi) is 6.38. The van der Waals surface area contributed by atoms with Gasteiger partial charge in [0.05, 0.1) is 13.2 Å². The molecule has 6 heteroatoms. The van der Waals surface area contributed by atoms with Crippen molar-refractivity contribution in [3.8, 4) is 0 Å². The fraction of sp³-hybridized carbons (Fsp3) is 0.667. The van der Waals surface area contributed by atoms with E-state index in [2.05, 4.69) is 20.2 Å². The Hall–Kier alpha value is -1.40. The summed E-state index contributed by atoms with van der Waals surface area (Å²) in [7, 11) is 4.02. The molecule has 0 bridgehead atoms. The summed E-state index contributed by atoms with van der Waals surface area (Å²) in [4.78, 5) is 20.3. The second-order valence-electron chi connectivity index (χ2n) is 4.27. The predicted molar refractivity (Wildman–Crippen MR) is 72.1 cm³/mol. The van der Waals surface area contributed by atoms with Crippen molar-refractivity contribution in [2.24, 2.45) is 0 Å². The Morgan fingerprint density at radius 3 is 2.89 bits per heavy atom. The van der Waals surface area contributed by atoms with Gasteiger partial charge in [-0.15, -0.1) is 0 Å². The summed E-state index contributed by atoms with van der Waals surface area (Å²) in [5.41, 5.74) is -0.127. The third kappa shape index (κ3) is 5.79. The van der Waals surface area contributed by atoms with E-state index in [4.69, 9.17) is 4.74 Å². The normalized spacial score (nSPS) is 10.9. The maximum absolute atomic E-state index is 11.3. The van der Waals surface area contributed by atoms with Crippen molar-refractivity contribution in [3.63, 3.8) is 0 Å². The molecular formula is C12H22N4O2. The Morgan fingerprint density at radius 1 is 1.44 bits per heavy atom. The van der Waals surface area contributed by atoms with Crippen LogP contribution in [0.15, 0.2) is 10.9 Å². The quantitative estimate of drug-likeness (QED) is 0.654. The Labute approximate surface area is 107 Å². The van der Waals surface area contributed by atoms with Crippen molar-refractivity contribution in [2.45, 2.75) is 13.3 Å². The molecule has 0 unspecified atom stereocenters. The highest BCUT2D eigenvalue weighted by Gasteiger charge is 1.99. The van der Waals surface area contributed by atoms with Gasteiger partial charge in [-0.2, -0.15) is 0 Å². The minimum Gasteiger partial charge on any atom is -0.378 e. The second kappa shape index (κ2) is 7.84. The van der Waals surface area contributed by atoms with Gasteiger partial charge in [0.25, 0.3) is 5.56 Å². The lowest BCUT2D eigenvalue weighted by Gasteiger charge is -2.10. The summed E-state index contributed by atoms with van der Waals surface area (Å²) in [6, 6.07) is 1.46. The lowest BCUT2D eigenvalue weighted by molar-refractivity contribution is 0.126. The number of nitrogens with one attached hydrogen (secondary N) is 2. The van der Waals surface area contributed by atoms with Gasteiger partial charge >= 0.3 is 0 Å². The van der Waals surface area contributed by atoms with Crippen LogP contribution in [0.2, 0.25) is 0 Å². The SMILES string of the molecule is CCc1nc(NCCOCCN(C)C)cc(=O)[nH]1. The molecular weight excluding hydrogens is 232 g/mol. The van der Waals surface area contributed by atoms with E-state index < -0.39 is 0 Å². The van der Waals surface area contributed by atoms with E-state index in [0.717, 1.165) is 6.54 Å². The lowest BCUT2D eigenvalue weighted by atomic mass is 10.4. The molecule has 0 aliphatic heterocycles. The number of rotatable bonds is 8. The van der Waals surface area contributed by atoms with Crippen molar-refractivity contribution in [1.82, 2.24) is 14.9 Å². The molecule has 1 heterocycles. The van der Waals surface area contributed by atoms with E-state index in [1.807, 2.05) is 21.0 Å². The molecule has 0 atom stereocenters. The summed E-state index contributed by atoms with van der Waals surface area (Å²) in [5, 5.41) is 3.08. The standard InChI is InChI=1S/C12H22N4O2/c1-4-10-14-11(9-12(17)15-10)13-5-7-18-8-6-16(2)3/h9H,4-8H2,1-3H3,(H2,13,14,15,17). The number of hydrogen-bond donors (Lipinski definition) is 2. The highest BCUT2D eigenvalue weighted by molar-refractivity contribution is 5.32. The Morgan fingerprint density at radius 2 is 2.22 bits per heavy atom. The average molecular weight is 254 g/mol. The van der Waals surface area contributed by atoms with Gasteiger partial charge in [0.2, 0.25) is 0 Å². The number of nitrogens with zero attached hydrogens (tertiary/aromatic N) is 2. The first-order chi connectivity index (χ1) is 8.61. The summed E-state index contributed by atoms with van der Waals surface area (Å²) in [6.07, 6.45) is 0.712. The highest BCUT2D eigenvalue weighted by atomic mass is 16.5. The molecule has 0 spiro atoms.